The van der Waals surface area contributed by atoms with E-state index in [9.17, 15) is 0 Å². The molecular weight excluding hydrogens is 651 g/mol. The normalized spacial score (nSPS) is 12.6. The van der Waals surface area contributed by atoms with Crippen molar-refractivity contribution in [3.05, 3.63) is 247 Å². The summed E-state index contributed by atoms with van der Waals surface area (Å²) in [5.74, 6) is 0. The summed E-state index contributed by atoms with van der Waals surface area (Å²) in [7, 11) is 0. The summed E-state index contributed by atoms with van der Waals surface area (Å²) in [5, 5.41) is 2.44. The lowest BCUT2D eigenvalue weighted by atomic mass is 9.66. The highest BCUT2D eigenvalue weighted by Crippen LogP contribution is 2.63. The summed E-state index contributed by atoms with van der Waals surface area (Å²) in [6.45, 7) is 0. The quantitative estimate of drug-likeness (QED) is 0.161. The van der Waals surface area contributed by atoms with E-state index in [0.717, 1.165) is 17.1 Å². The molecule has 1 aliphatic rings. The van der Waals surface area contributed by atoms with E-state index in [1.807, 2.05) is 0 Å². The maximum absolute atomic E-state index is 2.51. The molecule has 9 aromatic carbocycles. The molecule has 0 fully saturated rings. The van der Waals surface area contributed by atoms with Crippen LogP contribution in [0.3, 0.4) is 0 Å². The third-order valence-electron chi connectivity index (χ3n) is 11.1. The summed E-state index contributed by atoms with van der Waals surface area (Å²) < 4.78 is 0. The monoisotopic (exact) mass is 687 g/mol. The molecule has 0 aliphatic heterocycles. The Morgan fingerprint density at radius 2 is 0.796 bits per heavy atom. The van der Waals surface area contributed by atoms with Crippen molar-refractivity contribution < 1.29 is 0 Å². The second kappa shape index (κ2) is 13.2. The van der Waals surface area contributed by atoms with Gasteiger partial charge in [0.15, 0.2) is 0 Å². The SMILES string of the molecule is c1ccc(-c2ccccc2N(c2ccccc2)c2c(-c3ccccc3)c3c(c4ccccc24)C(c2ccccc2)(c2ccccc2)c2ccccc2-3)cc1. The Bertz CT molecular complexity index is 2700. The van der Waals surface area contributed by atoms with Crippen molar-refractivity contribution in [3.8, 4) is 33.4 Å². The molecule has 10 rings (SSSR count). The van der Waals surface area contributed by atoms with Gasteiger partial charge in [-0.05, 0) is 68.1 Å². The number of hydrogen-bond donors (Lipinski definition) is 0. The molecule has 1 aliphatic carbocycles. The first-order valence-corrected chi connectivity index (χ1v) is 18.7. The summed E-state index contributed by atoms with van der Waals surface area (Å²) in [6, 6.07) is 82.0. The van der Waals surface area contributed by atoms with Gasteiger partial charge in [0.2, 0.25) is 0 Å². The largest absolute Gasteiger partial charge is 0.309 e. The van der Waals surface area contributed by atoms with Gasteiger partial charge in [0.1, 0.15) is 0 Å². The zero-order valence-electron chi connectivity index (χ0n) is 29.8. The smallest absolute Gasteiger partial charge is 0.0719 e. The minimum Gasteiger partial charge on any atom is -0.309 e. The molecule has 0 bridgehead atoms. The Balaban J connectivity index is 1.44. The molecule has 0 heterocycles. The highest BCUT2D eigenvalue weighted by molar-refractivity contribution is 6.17. The zero-order valence-corrected chi connectivity index (χ0v) is 29.8. The van der Waals surface area contributed by atoms with Gasteiger partial charge < -0.3 is 4.90 Å². The topological polar surface area (TPSA) is 3.24 Å². The highest BCUT2D eigenvalue weighted by Gasteiger charge is 2.49. The molecule has 0 atom stereocenters. The summed E-state index contributed by atoms with van der Waals surface area (Å²) in [6.07, 6.45) is 0. The van der Waals surface area contributed by atoms with Crippen LogP contribution in [-0.4, -0.2) is 0 Å². The average molecular weight is 688 g/mol. The van der Waals surface area contributed by atoms with E-state index in [-0.39, 0.29) is 0 Å². The Kier molecular flexibility index (Phi) is 7.78. The molecule has 1 heteroatoms. The molecule has 0 N–H and O–H groups in total. The standard InChI is InChI=1S/C53H37N/c1-6-22-38(23-7-1)43-32-19-21-37-48(43)54(42-30-14-5-15-31-42)52-45-34-17-16-33-44(45)51-50(49(52)39-24-8-2-9-25-39)46-35-18-20-36-47(46)53(51,40-26-10-3-11-27-40)41-28-12-4-13-29-41/h1-37H. The van der Waals surface area contributed by atoms with E-state index in [4.69, 9.17) is 0 Å². The van der Waals surface area contributed by atoms with Gasteiger partial charge in [-0.1, -0.05) is 206 Å². The van der Waals surface area contributed by atoms with Crippen molar-refractivity contribution in [1.82, 2.24) is 0 Å². The van der Waals surface area contributed by atoms with Crippen molar-refractivity contribution in [2.24, 2.45) is 0 Å². The fourth-order valence-corrected chi connectivity index (χ4v) is 9.00. The van der Waals surface area contributed by atoms with E-state index in [2.05, 4.69) is 229 Å². The number of para-hydroxylation sites is 2. The van der Waals surface area contributed by atoms with Gasteiger partial charge >= 0.3 is 0 Å². The van der Waals surface area contributed by atoms with Crippen LogP contribution in [0.1, 0.15) is 22.3 Å². The Morgan fingerprint density at radius 1 is 0.333 bits per heavy atom. The summed E-state index contributed by atoms with van der Waals surface area (Å²) >= 11 is 0. The van der Waals surface area contributed by atoms with Crippen LogP contribution < -0.4 is 4.90 Å². The van der Waals surface area contributed by atoms with Gasteiger partial charge in [0.05, 0.1) is 16.8 Å². The number of hydrogen-bond acceptors (Lipinski definition) is 1. The van der Waals surface area contributed by atoms with Crippen LogP contribution in [0.2, 0.25) is 0 Å². The molecule has 0 saturated heterocycles. The third kappa shape index (κ3) is 4.86. The Morgan fingerprint density at radius 3 is 1.43 bits per heavy atom. The summed E-state index contributed by atoms with van der Waals surface area (Å²) in [5.41, 5.74) is 15.3. The minimum absolute atomic E-state index is 0.560. The molecule has 0 radical (unpaired) electrons. The lowest BCUT2D eigenvalue weighted by molar-refractivity contribution is 0.775. The van der Waals surface area contributed by atoms with Gasteiger partial charge in [0, 0.05) is 22.2 Å². The first-order valence-electron chi connectivity index (χ1n) is 18.7. The van der Waals surface area contributed by atoms with Crippen LogP contribution in [0.4, 0.5) is 17.1 Å². The number of anilines is 3. The fraction of sp³-hybridized carbons (Fsp3) is 0.0189. The molecule has 9 aromatic rings. The van der Waals surface area contributed by atoms with E-state index in [1.165, 1.54) is 66.4 Å². The minimum atomic E-state index is -0.560. The average Bonchev–Trinajstić information content (AvgIpc) is 3.57. The van der Waals surface area contributed by atoms with E-state index in [0.29, 0.717) is 0 Å². The van der Waals surface area contributed by atoms with Crippen LogP contribution >= 0.6 is 0 Å². The summed E-state index contributed by atoms with van der Waals surface area (Å²) in [4.78, 5) is 2.51. The van der Waals surface area contributed by atoms with E-state index >= 15 is 0 Å². The molecule has 0 unspecified atom stereocenters. The number of fused-ring (bicyclic) bond motifs is 5. The number of benzene rings is 9. The molecule has 0 amide bonds. The van der Waals surface area contributed by atoms with Crippen LogP contribution in [0.15, 0.2) is 224 Å². The van der Waals surface area contributed by atoms with Crippen molar-refractivity contribution in [2.75, 3.05) is 4.90 Å². The van der Waals surface area contributed by atoms with Crippen molar-refractivity contribution in [3.63, 3.8) is 0 Å². The zero-order chi connectivity index (χ0) is 35.9. The van der Waals surface area contributed by atoms with Crippen molar-refractivity contribution in [2.45, 2.75) is 5.41 Å². The molecular formula is C53H37N. The number of nitrogens with zero attached hydrogens (tertiary/aromatic N) is 1. The maximum Gasteiger partial charge on any atom is 0.0719 e. The van der Waals surface area contributed by atoms with Gasteiger partial charge in [-0.3, -0.25) is 0 Å². The molecule has 54 heavy (non-hydrogen) atoms. The van der Waals surface area contributed by atoms with Crippen molar-refractivity contribution in [1.29, 1.82) is 0 Å². The highest BCUT2D eigenvalue weighted by atomic mass is 15.1. The first kappa shape index (κ1) is 31.7. The fourth-order valence-electron chi connectivity index (χ4n) is 9.00. The van der Waals surface area contributed by atoms with Gasteiger partial charge in [-0.2, -0.15) is 0 Å². The lowest BCUT2D eigenvalue weighted by Gasteiger charge is -2.37. The predicted octanol–water partition coefficient (Wildman–Crippen LogP) is 14.0. The predicted molar refractivity (Wildman–Crippen MR) is 227 cm³/mol. The number of rotatable bonds is 7. The van der Waals surface area contributed by atoms with Crippen LogP contribution in [-0.2, 0) is 5.41 Å². The van der Waals surface area contributed by atoms with Crippen LogP contribution in [0, 0.1) is 0 Å². The molecule has 1 nitrogen and oxygen atoms in total. The van der Waals surface area contributed by atoms with E-state index < -0.39 is 5.41 Å². The van der Waals surface area contributed by atoms with Gasteiger partial charge in [0.25, 0.3) is 0 Å². The van der Waals surface area contributed by atoms with Gasteiger partial charge in [-0.15, -0.1) is 0 Å². The van der Waals surface area contributed by atoms with Gasteiger partial charge in [-0.25, -0.2) is 0 Å². The lowest BCUT2D eigenvalue weighted by Crippen LogP contribution is -2.29. The second-order valence-corrected chi connectivity index (χ2v) is 14.0. The first-order chi connectivity index (χ1) is 26.9. The molecule has 0 saturated carbocycles. The maximum atomic E-state index is 2.51. The molecule has 0 spiro atoms. The third-order valence-corrected chi connectivity index (χ3v) is 11.1. The van der Waals surface area contributed by atoms with Crippen LogP contribution in [0.25, 0.3) is 44.2 Å². The Hall–Kier alpha value is -6.96. The van der Waals surface area contributed by atoms with E-state index in [1.54, 1.807) is 0 Å². The Labute approximate surface area is 317 Å². The van der Waals surface area contributed by atoms with Crippen LogP contribution in [0.5, 0.6) is 0 Å². The second-order valence-electron chi connectivity index (χ2n) is 14.0. The molecule has 0 aromatic heterocycles. The molecule has 254 valence electrons. The van der Waals surface area contributed by atoms with Crippen molar-refractivity contribution >= 4 is 27.8 Å².